The maximum absolute atomic E-state index is 11.4. The number of carboxylic acid groups (broad SMARTS) is 1. The predicted octanol–water partition coefficient (Wildman–Crippen LogP) is 6.66. The molecule has 0 radical (unpaired) electrons. The second kappa shape index (κ2) is 8.59. The van der Waals surface area contributed by atoms with E-state index in [-0.39, 0.29) is 6.42 Å². The lowest BCUT2D eigenvalue weighted by Crippen LogP contribution is -1.99. The van der Waals surface area contributed by atoms with Crippen LogP contribution in [0.2, 0.25) is 0 Å². The van der Waals surface area contributed by atoms with Crippen LogP contribution < -0.4 is 4.74 Å². The molecule has 0 amide bonds. The highest BCUT2D eigenvalue weighted by atomic mass is 79.9. The molecule has 0 fully saturated rings. The molecule has 0 atom stereocenters. The number of benzene rings is 3. The molecule has 4 rings (SSSR count). The third-order valence-corrected chi connectivity index (χ3v) is 5.84. The summed E-state index contributed by atoms with van der Waals surface area (Å²) in [6.07, 6.45) is -0.0637. The van der Waals surface area contributed by atoms with Gasteiger partial charge in [-0.2, -0.15) is 0 Å². The van der Waals surface area contributed by atoms with Gasteiger partial charge in [-0.05, 0) is 48.5 Å². The number of halogens is 1. The molecule has 6 heteroatoms. The molecule has 0 saturated heterocycles. The minimum absolute atomic E-state index is 0.0637. The first-order valence-electron chi connectivity index (χ1n) is 8.89. The van der Waals surface area contributed by atoms with Crippen LogP contribution in [0.25, 0.3) is 21.8 Å². The molecule has 1 aromatic heterocycles. The average Bonchev–Trinajstić information content (AvgIpc) is 3.13. The first-order chi connectivity index (χ1) is 14.1. The van der Waals surface area contributed by atoms with Gasteiger partial charge in [0.15, 0.2) is 0 Å². The van der Waals surface area contributed by atoms with Crippen LogP contribution >= 0.6 is 27.3 Å². The lowest BCUT2D eigenvalue weighted by Gasteiger charge is -2.06. The van der Waals surface area contributed by atoms with Crippen molar-refractivity contribution >= 4 is 33.2 Å². The van der Waals surface area contributed by atoms with Crippen molar-refractivity contribution in [1.29, 1.82) is 0 Å². The molecule has 0 bridgehead atoms. The zero-order chi connectivity index (χ0) is 20.2. The molecule has 4 nitrogen and oxygen atoms in total. The molecule has 1 N–H and O–H groups in total. The summed E-state index contributed by atoms with van der Waals surface area (Å²) < 4.78 is 6.82. The van der Waals surface area contributed by atoms with Crippen LogP contribution in [-0.2, 0) is 11.2 Å². The van der Waals surface area contributed by atoms with Gasteiger partial charge in [-0.15, -0.1) is 11.3 Å². The zero-order valence-corrected chi connectivity index (χ0v) is 17.6. The van der Waals surface area contributed by atoms with Gasteiger partial charge in [-0.3, -0.25) is 4.79 Å². The molecule has 4 aromatic rings. The third kappa shape index (κ3) is 4.72. The van der Waals surface area contributed by atoms with E-state index in [0.29, 0.717) is 11.4 Å². The van der Waals surface area contributed by atoms with Crippen molar-refractivity contribution in [2.45, 2.75) is 6.42 Å². The van der Waals surface area contributed by atoms with Crippen LogP contribution in [-0.4, -0.2) is 16.1 Å². The second-order valence-electron chi connectivity index (χ2n) is 6.31. The number of nitrogens with zero attached hydrogens (tertiary/aromatic N) is 1. The Hall–Kier alpha value is -2.96. The van der Waals surface area contributed by atoms with E-state index in [1.165, 1.54) is 11.3 Å². The highest BCUT2D eigenvalue weighted by Crippen LogP contribution is 2.35. The molecular formula is C23H16BrNO3S. The summed E-state index contributed by atoms with van der Waals surface area (Å²) in [6.45, 7) is 0. The largest absolute Gasteiger partial charge is 0.481 e. The highest BCUT2D eigenvalue weighted by Gasteiger charge is 2.17. The number of rotatable bonds is 6. The zero-order valence-electron chi connectivity index (χ0n) is 15.2. The normalized spacial score (nSPS) is 10.7. The molecule has 3 aromatic carbocycles. The topological polar surface area (TPSA) is 59.4 Å². The van der Waals surface area contributed by atoms with Crippen LogP contribution in [0.15, 0.2) is 83.3 Å². The summed E-state index contributed by atoms with van der Waals surface area (Å²) in [5.74, 6) is 0.599. The van der Waals surface area contributed by atoms with E-state index < -0.39 is 5.97 Å². The van der Waals surface area contributed by atoms with Gasteiger partial charge in [0.1, 0.15) is 16.5 Å². The lowest BCUT2D eigenvalue weighted by molar-refractivity contribution is -0.136. The van der Waals surface area contributed by atoms with E-state index in [4.69, 9.17) is 9.72 Å². The van der Waals surface area contributed by atoms with Gasteiger partial charge in [0.25, 0.3) is 0 Å². The quantitative estimate of drug-likeness (QED) is 0.345. The number of aliphatic carboxylic acids is 1. The van der Waals surface area contributed by atoms with Crippen molar-refractivity contribution in [3.8, 4) is 33.3 Å². The van der Waals surface area contributed by atoms with Gasteiger partial charge in [0.05, 0.1) is 12.1 Å². The highest BCUT2D eigenvalue weighted by molar-refractivity contribution is 9.10. The summed E-state index contributed by atoms with van der Waals surface area (Å²) >= 11 is 4.84. The maximum Gasteiger partial charge on any atom is 0.308 e. The van der Waals surface area contributed by atoms with Crippen molar-refractivity contribution in [2.24, 2.45) is 0 Å². The predicted molar refractivity (Wildman–Crippen MR) is 119 cm³/mol. The minimum atomic E-state index is -0.874. The number of para-hydroxylation sites is 1. The fraction of sp³-hybridized carbons (Fsp3) is 0.0435. The Morgan fingerprint density at radius 3 is 2.17 bits per heavy atom. The molecule has 0 unspecified atom stereocenters. The molecule has 0 saturated carbocycles. The molecule has 1 heterocycles. The molecule has 0 aliphatic rings. The van der Waals surface area contributed by atoms with Crippen molar-refractivity contribution in [1.82, 2.24) is 4.98 Å². The van der Waals surface area contributed by atoms with Crippen LogP contribution in [0.3, 0.4) is 0 Å². The molecule has 0 aliphatic heterocycles. The fourth-order valence-electron chi connectivity index (χ4n) is 2.86. The Morgan fingerprint density at radius 2 is 1.52 bits per heavy atom. The standard InChI is InChI=1S/C23H16BrNO3S/c24-17-10-6-16(7-11-17)23-25-22(20(29-23)14-21(26)27)15-8-12-19(13-9-15)28-18-4-2-1-3-5-18/h1-13H,14H2,(H,26,27). The summed E-state index contributed by atoms with van der Waals surface area (Å²) in [7, 11) is 0. The Morgan fingerprint density at radius 1 is 0.897 bits per heavy atom. The fourth-order valence-corrected chi connectivity index (χ4v) is 4.20. The summed E-state index contributed by atoms with van der Waals surface area (Å²) in [6, 6.07) is 24.9. The lowest BCUT2D eigenvalue weighted by atomic mass is 10.1. The third-order valence-electron chi connectivity index (χ3n) is 4.21. The smallest absolute Gasteiger partial charge is 0.308 e. The van der Waals surface area contributed by atoms with Gasteiger partial charge in [-0.25, -0.2) is 4.98 Å². The van der Waals surface area contributed by atoms with Crippen LogP contribution in [0, 0.1) is 0 Å². The van der Waals surface area contributed by atoms with E-state index in [1.807, 2.05) is 78.9 Å². The summed E-state index contributed by atoms with van der Waals surface area (Å²) in [4.78, 5) is 16.8. The first-order valence-corrected chi connectivity index (χ1v) is 10.5. The van der Waals surface area contributed by atoms with Crippen LogP contribution in [0.4, 0.5) is 0 Å². The number of carboxylic acids is 1. The maximum atomic E-state index is 11.4. The number of thiazole rings is 1. The van der Waals surface area contributed by atoms with E-state index in [9.17, 15) is 9.90 Å². The molecule has 144 valence electrons. The monoisotopic (exact) mass is 465 g/mol. The molecular weight excluding hydrogens is 450 g/mol. The van der Waals surface area contributed by atoms with Gasteiger partial charge in [0, 0.05) is 20.5 Å². The molecule has 0 aliphatic carbocycles. The Kier molecular flexibility index (Phi) is 5.74. The van der Waals surface area contributed by atoms with Crippen molar-refractivity contribution in [3.05, 3.63) is 88.2 Å². The van der Waals surface area contributed by atoms with E-state index in [1.54, 1.807) is 0 Å². The first kappa shape index (κ1) is 19.4. The average molecular weight is 466 g/mol. The minimum Gasteiger partial charge on any atom is -0.481 e. The van der Waals surface area contributed by atoms with E-state index in [0.717, 1.165) is 31.2 Å². The van der Waals surface area contributed by atoms with Gasteiger partial charge < -0.3 is 9.84 Å². The van der Waals surface area contributed by atoms with Crippen molar-refractivity contribution < 1.29 is 14.6 Å². The number of ether oxygens (including phenoxy) is 1. The Labute approximate surface area is 180 Å². The van der Waals surface area contributed by atoms with Crippen LogP contribution in [0.1, 0.15) is 4.88 Å². The molecule has 0 spiro atoms. The van der Waals surface area contributed by atoms with Gasteiger partial charge >= 0.3 is 5.97 Å². The van der Waals surface area contributed by atoms with Gasteiger partial charge in [0.2, 0.25) is 0 Å². The Balaban J connectivity index is 1.65. The van der Waals surface area contributed by atoms with E-state index in [2.05, 4.69) is 15.9 Å². The SMILES string of the molecule is O=C(O)Cc1sc(-c2ccc(Br)cc2)nc1-c1ccc(Oc2ccccc2)cc1. The molecule has 29 heavy (non-hydrogen) atoms. The van der Waals surface area contributed by atoms with Crippen LogP contribution in [0.5, 0.6) is 11.5 Å². The number of carbonyl (C=O) groups is 1. The Bertz CT molecular complexity index is 1120. The van der Waals surface area contributed by atoms with E-state index >= 15 is 0 Å². The van der Waals surface area contributed by atoms with Crippen molar-refractivity contribution in [3.63, 3.8) is 0 Å². The summed E-state index contributed by atoms with van der Waals surface area (Å²) in [5.41, 5.74) is 2.52. The number of hydrogen-bond donors (Lipinski definition) is 1. The van der Waals surface area contributed by atoms with Crippen molar-refractivity contribution in [2.75, 3.05) is 0 Å². The second-order valence-corrected chi connectivity index (χ2v) is 8.31. The number of hydrogen-bond acceptors (Lipinski definition) is 4. The summed E-state index contributed by atoms with van der Waals surface area (Å²) in [5, 5.41) is 10.1. The number of aromatic nitrogens is 1. The van der Waals surface area contributed by atoms with Gasteiger partial charge in [-0.1, -0.05) is 46.3 Å².